The van der Waals surface area contributed by atoms with E-state index in [1.165, 1.54) is 0 Å². The minimum Gasteiger partial charge on any atom is -0.479 e. The van der Waals surface area contributed by atoms with E-state index in [1.807, 2.05) is 0 Å². The largest absolute Gasteiger partial charge is 0.479 e. The number of nitrogens with one attached hydrogen (secondary N) is 1. The second-order valence-electron chi connectivity index (χ2n) is 3.69. The van der Waals surface area contributed by atoms with Crippen molar-refractivity contribution in [1.29, 1.82) is 0 Å². The summed E-state index contributed by atoms with van der Waals surface area (Å²) in [7, 11) is 0. The molecule has 0 radical (unpaired) electrons. The minimum absolute atomic E-state index is 0.321. The molecule has 0 spiro atoms. The van der Waals surface area contributed by atoms with Gasteiger partial charge in [-0.05, 0) is 17.5 Å². The van der Waals surface area contributed by atoms with Crippen LogP contribution in [0.15, 0.2) is 24.3 Å². The van der Waals surface area contributed by atoms with Crippen molar-refractivity contribution in [3.63, 3.8) is 0 Å². The molecule has 0 atom stereocenters. The normalized spacial score (nSPS) is 17.5. The topological polar surface area (TPSA) is 86.6 Å². The van der Waals surface area contributed by atoms with Gasteiger partial charge in [0.25, 0.3) is 0 Å². The SMILES string of the molecule is O=C(O)C1(C(=O)O)NCCc2ccccc21. The first-order chi connectivity index (χ1) is 7.59. The zero-order valence-electron chi connectivity index (χ0n) is 8.43. The number of aliphatic carboxylic acids is 2. The Kier molecular flexibility index (Phi) is 2.40. The van der Waals surface area contributed by atoms with Crippen molar-refractivity contribution in [2.24, 2.45) is 0 Å². The van der Waals surface area contributed by atoms with Gasteiger partial charge < -0.3 is 10.2 Å². The highest BCUT2D eigenvalue weighted by Crippen LogP contribution is 2.29. The Morgan fingerprint density at radius 2 is 1.81 bits per heavy atom. The molecular formula is C11H11NO4. The maximum absolute atomic E-state index is 11.2. The molecule has 1 heterocycles. The predicted molar refractivity (Wildman–Crippen MR) is 55.1 cm³/mol. The van der Waals surface area contributed by atoms with E-state index in [0.717, 1.165) is 5.56 Å². The van der Waals surface area contributed by atoms with Crippen molar-refractivity contribution in [1.82, 2.24) is 5.32 Å². The van der Waals surface area contributed by atoms with Crippen LogP contribution in [0.25, 0.3) is 0 Å². The predicted octanol–water partition coefficient (Wildman–Crippen LogP) is 0.197. The molecule has 1 aliphatic rings. The Hall–Kier alpha value is -1.88. The third-order valence-corrected chi connectivity index (χ3v) is 2.85. The summed E-state index contributed by atoms with van der Waals surface area (Å²) < 4.78 is 0. The Labute approximate surface area is 91.7 Å². The zero-order chi connectivity index (χ0) is 11.8. The number of carbonyl (C=O) groups is 2. The van der Waals surface area contributed by atoms with Crippen molar-refractivity contribution in [3.8, 4) is 0 Å². The third-order valence-electron chi connectivity index (χ3n) is 2.85. The highest BCUT2D eigenvalue weighted by Gasteiger charge is 2.50. The summed E-state index contributed by atoms with van der Waals surface area (Å²) >= 11 is 0. The first kappa shape index (κ1) is 10.6. The van der Waals surface area contributed by atoms with Gasteiger partial charge in [-0.2, -0.15) is 0 Å². The first-order valence-corrected chi connectivity index (χ1v) is 4.89. The summed E-state index contributed by atoms with van der Waals surface area (Å²) in [6.45, 7) is 0.343. The van der Waals surface area contributed by atoms with E-state index in [2.05, 4.69) is 5.32 Å². The van der Waals surface area contributed by atoms with Crippen LogP contribution in [0.2, 0.25) is 0 Å². The quantitative estimate of drug-likeness (QED) is 0.621. The smallest absolute Gasteiger partial charge is 0.340 e. The first-order valence-electron chi connectivity index (χ1n) is 4.89. The molecule has 16 heavy (non-hydrogen) atoms. The second kappa shape index (κ2) is 3.61. The summed E-state index contributed by atoms with van der Waals surface area (Å²) in [6, 6.07) is 6.73. The van der Waals surface area contributed by atoms with Crippen LogP contribution in [0.1, 0.15) is 11.1 Å². The van der Waals surface area contributed by atoms with Crippen LogP contribution in [-0.4, -0.2) is 28.7 Å². The van der Waals surface area contributed by atoms with Crippen molar-refractivity contribution >= 4 is 11.9 Å². The highest BCUT2D eigenvalue weighted by atomic mass is 16.4. The number of hydrogen-bond donors (Lipinski definition) is 3. The molecule has 1 aromatic carbocycles. The van der Waals surface area contributed by atoms with Gasteiger partial charge in [0, 0.05) is 6.54 Å². The van der Waals surface area contributed by atoms with Gasteiger partial charge in [0.2, 0.25) is 5.54 Å². The van der Waals surface area contributed by atoms with Crippen molar-refractivity contribution in [2.75, 3.05) is 6.54 Å². The molecule has 0 saturated heterocycles. The summed E-state index contributed by atoms with van der Waals surface area (Å²) in [5.41, 5.74) is -0.915. The molecule has 0 amide bonds. The molecule has 1 aromatic rings. The summed E-state index contributed by atoms with van der Waals surface area (Å²) in [6.07, 6.45) is 0.637. The van der Waals surface area contributed by atoms with E-state index >= 15 is 0 Å². The Balaban J connectivity index is 2.66. The fourth-order valence-corrected chi connectivity index (χ4v) is 2.06. The third kappa shape index (κ3) is 1.29. The number of fused-ring (bicyclic) bond motifs is 1. The molecular weight excluding hydrogens is 210 g/mol. The molecule has 5 nitrogen and oxygen atoms in total. The van der Waals surface area contributed by atoms with Crippen molar-refractivity contribution in [3.05, 3.63) is 35.4 Å². The van der Waals surface area contributed by atoms with Crippen molar-refractivity contribution < 1.29 is 19.8 Å². The van der Waals surface area contributed by atoms with E-state index in [0.29, 0.717) is 18.5 Å². The van der Waals surface area contributed by atoms with Gasteiger partial charge in [-0.25, -0.2) is 9.59 Å². The maximum atomic E-state index is 11.2. The molecule has 1 aliphatic heterocycles. The number of carboxylic acid groups (broad SMARTS) is 2. The highest BCUT2D eigenvalue weighted by molar-refractivity contribution is 6.04. The average molecular weight is 221 g/mol. The summed E-state index contributed by atoms with van der Waals surface area (Å²) in [5.74, 6) is -2.76. The van der Waals surface area contributed by atoms with Crippen molar-refractivity contribution in [2.45, 2.75) is 12.0 Å². The van der Waals surface area contributed by atoms with Crippen LogP contribution < -0.4 is 5.32 Å². The fourth-order valence-electron chi connectivity index (χ4n) is 2.06. The summed E-state index contributed by atoms with van der Waals surface area (Å²) in [4.78, 5) is 22.5. The van der Waals surface area contributed by atoms with Crippen LogP contribution in [0.5, 0.6) is 0 Å². The number of benzene rings is 1. The van der Waals surface area contributed by atoms with Crippen LogP contribution in [-0.2, 0) is 21.5 Å². The van der Waals surface area contributed by atoms with E-state index in [4.69, 9.17) is 10.2 Å². The number of carboxylic acids is 2. The molecule has 84 valence electrons. The molecule has 0 bridgehead atoms. The van der Waals surface area contributed by atoms with E-state index < -0.39 is 17.5 Å². The fraction of sp³-hybridized carbons (Fsp3) is 0.273. The van der Waals surface area contributed by atoms with E-state index in [9.17, 15) is 9.59 Å². The van der Waals surface area contributed by atoms with Gasteiger partial charge in [-0.3, -0.25) is 5.32 Å². The Bertz CT molecular complexity index is 441. The van der Waals surface area contributed by atoms with Gasteiger partial charge in [0.15, 0.2) is 0 Å². The molecule has 0 aromatic heterocycles. The standard InChI is InChI=1S/C11H11NO4/c13-9(14)11(10(15)16)8-4-2-1-3-7(8)5-6-12-11/h1-4,12H,5-6H2,(H,13,14)(H,15,16). The molecule has 5 heteroatoms. The van der Waals surface area contributed by atoms with Crippen LogP contribution in [0, 0.1) is 0 Å². The van der Waals surface area contributed by atoms with Gasteiger partial charge in [0.05, 0.1) is 0 Å². The molecule has 2 rings (SSSR count). The van der Waals surface area contributed by atoms with Crippen LogP contribution in [0.4, 0.5) is 0 Å². The van der Waals surface area contributed by atoms with Gasteiger partial charge in [-0.1, -0.05) is 24.3 Å². The monoisotopic (exact) mass is 221 g/mol. The average Bonchev–Trinajstić information content (AvgIpc) is 2.27. The van der Waals surface area contributed by atoms with Gasteiger partial charge in [0.1, 0.15) is 0 Å². The van der Waals surface area contributed by atoms with Gasteiger partial charge in [-0.15, -0.1) is 0 Å². The second-order valence-corrected chi connectivity index (χ2v) is 3.69. The maximum Gasteiger partial charge on any atom is 0.340 e. The Morgan fingerprint density at radius 1 is 1.19 bits per heavy atom. The Morgan fingerprint density at radius 3 is 2.44 bits per heavy atom. The molecule has 0 fully saturated rings. The lowest BCUT2D eigenvalue weighted by molar-refractivity contribution is -0.160. The molecule has 3 N–H and O–H groups in total. The summed E-state index contributed by atoms with van der Waals surface area (Å²) in [5, 5.41) is 20.9. The van der Waals surface area contributed by atoms with Crippen LogP contribution in [0.3, 0.4) is 0 Å². The van der Waals surface area contributed by atoms with Gasteiger partial charge >= 0.3 is 11.9 Å². The molecule has 0 aliphatic carbocycles. The minimum atomic E-state index is -2.01. The molecule has 0 saturated carbocycles. The number of rotatable bonds is 2. The number of hydrogen-bond acceptors (Lipinski definition) is 3. The lowest BCUT2D eigenvalue weighted by atomic mass is 9.82. The lowest BCUT2D eigenvalue weighted by Gasteiger charge is -2.32. The van der Waals surface area contributed by atoms with E-state index in [1.54, 1.807) is 24.3 Å². The molecule has 0 unspecified atom stereocenters. The lowest BCUT2D eigenvalue weighted by Crippen LogP contribution is -2.58. The van der Waals surface area contributed by atoms with E-state index in [-0.39, 0.29) is 0 Å². The van der Waals surface area contributed by atoms with Crippen LogP contribution >= 0.6 is 0 Å². The zero-order valence-corrected chi connectivity index (χ0v) is 8.43.